The van der Waals surface area contributed by atoms with Gasteiger partial charge in [-0.25, -0.2) is 0 Å². The minimum absolute atomic E-state index is 0.192. The summed E-state index contributed by atoms with van der Waals surface area (Å²) in [6.07, 6.45) is 18.1. The molecule has 12 nitrogen and oxygen atoms in total. The van der Waals surface area contributed by atoms with E-state index in [2.05, 4.69) is 98.3 Å². The Kier molecular flexibility index (Phi) is 16.0. The van der Waals surface area contributed by atoms with Crippen molar-refractivity contribution in [2.75, 3.05) is 0 Å². The molecule has 0 aromatic carbocycles. The summed E-state index contributed by atoms with van der Waals surface area (Å²) in [7, 11) is 0. The monoisotopic (exact) mass is 876 g/mol. The van der Waals surface area contributed by atoms with Gasteiger partial charge in [0.25, 0.3) is 0 Å². The van der Waals surface area contributed by atoms with Crippen LogP contribution in [-0.4, -0.2) is 108 Å². The van der Waals surface area contributed by atoms with E-state index in [1.54, 1.807) is 0 Å². The maximum atomic E-state index is 14.5. The summed E-state index contributed by atoms with van der Waals surface area (Å²) in [6, 6.07) is 0. The summed E-state index contributed by atoms with van der Waals surface area (Å²) in [5.74, 6) is -2.45. The number of hydroxylamine groups is 6. The molecule has 0 bridgehead atoms. The van der Waals surface area contributed by atoms with Gasteiger partial charge < -0.3 is 19.3 Å². The first-order valence-corrected chi connectivity index (χ1v) is 25.0. The first-order chi connectivity index (χ1) is 28.9. The zero-order chi connectivity index (χ0) is 45.3. The van der Waals surface area contributed by atoms with Crippen molar-refractivity contribution in [1.82, 2.24) is 15.2 Å². The molecule has 2 atom stereocenters. The van der Waals surface area contributed by atoms with Crippen LogP contribution < -0.4 is 0 Å². The normalized spacial score (nSPS) is 29.5. The van der Waals surface area contributed by atoms with Gasteiger partial charge in [-0.15, -0.1) is 0 Å². The molecule has 3 aliphatic carbocycles. The smallest absolute Gasteiger partial charge is 0.314 e. The summed E-state index contributed by atoms with van der Waals surface area (Å²) >= 11 is 0. The van der Waals surface area contributed by atoms with Gasteiger partial charge in [0.05, 0.1) is 30.8 Å². The van der Waals surface area contributed by atoms with Gasteiger partial charge in [-0.1, -0.05) is 57.8 Å². The number of nitrogens with zero attached hydrogens (tertiary/aromatic N) is 3. The van der Waals surface area contributed by atoms with Gasteiger partial charge in [-0.3, -0.25) is 24.1 Å². The van der Waals surface area contributed by atoms with Gasteiger partial charge in [-0.05, 0) is 134 Å². The average molecular weight is 876 g/mol. The number of hydrogen-bond donors (Lipinski definition) is 1. The molecule has 0 aromatic rings. The lowest BCUT2D eigenvalue weighted by Crippen LogP contribution is -2.63. The number of ether oxygens (including phenoxy) is 3. The van der Waals surface area contributed by atoms with Crippen LogP contribution in [0.15, 0.2) is 0 Å². The number of hydrogen-bond acceptors (Lipinski definition) is 12. The lowest BCUT2D eigenvalue weighted by atomic mass is 9.80. The Bertz CT molecular complexity index is 1430. The molecular weight excluding hydrogens is 787 g/mol. The molecule has 2 unspecified atom stereocenters. The quantitative estimate of drug-likeness (QED) is 0.132. The summed E-state index contributed by atoms with van der Waals surface area (Å²) in [4.78, 5) is 48.8. The number of rotatable bonds is 14. The standard InChI is InChI=1S/C50H89N3O9/c1-45(2)29-38(30-46(3,4)51(45)60-35-22-16-13-17-23-35)57-42(54)28-41(43(55)58-39-31-47(5,6)52(48(7,8)32-39)61-36-24-18-14-19-25-36)44(56)59-40-33-49(9,10)53(50(11,12)34-40)62-37-26-20-15-21-27-37/h35-41,43,55H,13-34H2,1-12H3. The van der Waals surface area contributed by atoms with Crippen LogP contribution in [0.4, 0.5) is 0 Å². The van der Waals surface area contributed by atoms with E-state index in [0.717, 1.165) is 38.5 Å². The van der Waals surface area contributed by atoms with Crippen LogP contribution in [-0.2, 0) is 38.3 Å². The molecule has 358 valence electrons. The Morgan fingerprint density at radius 1 is 0.452 bits per heavy atom. The van der Waals surface area contributed by atoms with Crippen molar-refractivity contribution in [3.05, 3.63) is 0 Å². The van der Waals surface area contributed by atoms with Crippen LogP contribution in [0.1, 0.15) is 224 Å². The van der Waals surface area contributed by atoms with E-state index >= 15 is 0 Å². The molecule has 6 rings (SSSR count). The first kappa shape index (κ1) is 50.0. The van der Waals surface area contributed by atoms with Crippen molar-refractivity contribution >= 4 is 11.9 Å². The SMILES string of the molecule is CC1(C)CC(OC(=O)CC(C(=O)OC2CC(C)(C)N(OC3CCCCC3)C(C)(C)C2)C(O)OC2CC(C)(C)N(OC3CCCCC3)C(C)(C)C2)CC(C)(C)N1OC1CCCCC1. The molecule has 3 saturated carbocycles. The van der Waals surface area contributed by atoms with E-state index < -0.39 is 69.6 Å². The number of esters is 2. The molecule has 0 aromatic heterocycles. The average Bonchev–Trinajstić information content (AvgIpc) is 3.15. The van der Waals surface area contributed by atoms with Gasteiger partial charge in [-0.2, -0.15) is 15.2 Å². The van der Waals surface area contributed by atoms with Crippen molar-refractivity contribution < 1.29 is 43.4 Å². The maximum Gasteiger partial charge on any atom is 0.314 e. The first-order valence-electron chi connectivity index (χ1n) is 25.0. The number of carbonyl (C=O) groups is 2. The van der Waals surface area contributed by atoms with Crippen molar-refractivity contribution in [3.8, 4) is 0 Å². The highest BCUT2D eigenvalue weighted by Gasteiger charge is 2.53. The summed E-state index contributed by atoms with van der Waals surface area (Å²) in [5.41, 5.74) is -2.44. The molecule has 0 radical (unpaired) electrons. The highest BCUT2D eigenvalue weighted by Crippen LogP contribution is 2.45. The molecule has 6 aliphatic rings. The number of aliphatic hydroxyl groups is 1. The van der Waals surface area contributed by atoms with E-state index in [1.807, 2.05) is 0 Å². The fraction of sp³-hybridized carbons (Fsp3) is 0.960. The van der Waals surface area contributed by atoms with E-state index in [-0.39, 0.29) is 30.8 Å². The van der Waals surface area contributed by atoms with E-state index in [4.69, 9.17) is 28.7 Å². The van der Waals surface area contributed by atoms with Crippen molar-refractivity contribution in [3.63, 3.8) is 0 Å². The fourth-order valence-corrected chi connectivity index (χ4v) is 12.9. The summed E-state index contributed by atoms with van der Waals surface area (Å²) in [6.45, 7) is 25.8. The topological polar surface area (TPSA) is 119 Å². The molecule has 0 spiro atoms. The fourth-order valence-electron chi connectivity index (χ4n) is 12.9. The minimum Gasteiger partial charge on any atom is -0.462 e. The van der Waals surface area contributed by atoms with Crippen molar-refractivity contribution in [2.24, 2.45) is 5.92 Å². The second kappa shape index (κ2) is 19.8. The Morgan fingerprint density at radius 3 is 1.06 bits per heavy atom. The lowest BCUT2D eigenvalue weighted by Gasteiger charge is -2.55. The molecule has 6 fully saturated rings. The molecular formula is C50H89N3O9. The predicted molar refractivity (Wildman–Crippen MR) is 240 cm³/mol. The third kappa shape index (κ3) is 12.5. The van der Waals surface area contributed by atoms with Crippen LogP contribution in [0.5, 0.6) is 0 Å². The van der Waals surface area contributed by atoms with Crippen LogP contribution in [0.3, 0.4) is 0 Å². The Labute approximate surface area is 376 Å². The highest BCUT2D eigenvalue weighted by atomic mass is 16.7. The zero-order valence-electron chi connectivity index (χ0n) is 41.2. The Balaban J connectivity index is 1.16. The van der Waals surface area contributed by atoms with Crippen LogP contribution in [0.25, 0.3) is 0 Å². The van der Waals surface area contributed by atoms with Crippen molar-refractivity contribution in [2.45, 2.75) is 300 Å². The number of piperidine rings is 3. The van der Waals surface area contributed by atoms with Crippen LogP contribution in [0.2, 0.25) is 0 Å². The van der Waals surface area contributed by atoms with Gasteiger partial charge in [0.2, 0.25) is 0 Å². The van der Waals surface area contributed by atoms with E-state index in [0.29, 0.717) is 38.5 Å². The molecule has 3 aliphatic heterocycles. The molecule has 3 saturated heterocycles. The minimum atomic E-state index is -1.58. The van der Waals surface area contributed by atoms with Crippen molar-refractivity contribution in [1.29, 1.82) is 0 Å². The van der Waals surface area contributed by atoms with Gasteiger partial charge in [0.15, 0.2) is 6.29 Å². The van der Waals surface area contributed by atoms with Crippen LogP contribution in [0, 0.1) is 5.92 Å². The molecule has 0 amide bonds. The predicted octanol–water partition coefficient (Wildman–Crippen LogP) is 10.3. The lowest BCUT2D eigenvalue weighted by molar-refractivity contribution is -0.327. The van der Waals surface area contributed by atoms with E-state index in [1.165, 1.54) is 57.8 Å². The van der Waals surface area contributed by atoms with E-state index in [9.17, 15) is 14.7 Å². The molecule has 62 heavy (non-hydrogen) atoms. The second-order valence-electron chi connectivity index (χ2n) is 24.2. The van der Waals surface area contributed by atoms with Gasteiger partial charge in [0.1, 0.15) is 18.1 Å². The molecule has 1 N–H and O–H groups in total. The molecule has 3 heterocycles. The largest absolute Gasteiger partial charge is 0.462 e. The Hall–Kier alpha value is -1.38. The Morgan fingerprint density at radius 2 is 0.742 bits per heavy atom. The maximum absolute atomic E-state index is 14.5. The molecule has 12 heteroatoms. The van der Waals surface area contributed by atoms with Gasteiger partial charge >= 0.3 is 11.9 Å². The summed E-state index contributed by atoms with van der Waals surface area (Å²) in [5, 5.41) is 18.5. The number of carbonyl (C=O) groups excluding carboxylic acids is 2. The third-order valence-electron chi connectivity index (χ3n) is 15.0. The highest BCUT2D eigenvalue weighted by molar-refractivity contribution is 5.80. The number of aliphatic hydroxyl groups excluding tert-OH is 1. The van der Waals surface area contributed by atoms with Crippen LogP contribution >= 0.6 is 0 Å². The summed E-state index contributed by atoms with van der Waals surface area (Å²) < 4.78 is 19.2. The van der Waals surface area contributed by atoms with Gasteiger partial charge in [0, 0.05) is 58.9 Å². The zero-order valence-corrected chi connectivity index (χ0v) is 41.2. The third-order valence-corrected chi connectivity index (χ3v) is 15.0. The second-order valence-corrected chi connectivity index (χ2v) is 24.2.